The molecule has 1 heterocycles. The summed E-state index contributed by atoms with van der Waals surface area (Å²) in [5, 5.41) is 2.13. The molecule has 0 saturated carbocycles. The quantitative estimate of drug-likeness (QED) is 0.710. The lowest BCUT2D eigenvalue weighted by Crippen LogP contribution is -2.27. The second-order valence-electron chi connectivity index (χ2n) is 3.87. The molecular formula is C12H21NOS. The molecule has 0 aliphatic heterocycles. The predicted octanol–water partition coefficient (Wildman–Crippen LogP) is 3.00. The molecule has 0 aliphatic rings. The van der Waals surface area contributed by atoms with Gasteiger partial charge in [0.15, 0.2) is 0 Å². The molecule has 0 N–H and O–H groups in total. The molecule has 0 aromatic carbocycles. The Bertz CT molecular complexity index is 246. The van der Waals surface area contributed by atoms with Crippen LogP contribution in [0.4, 0.5) is 0 Å². The van der Waals surface area contributed by atoms with E-state index in [0.29, 0.717) is 6.10 Å². The Balaban J connectivity index is 2.24. The van der Waals surface area contributed by atoms with Crippen LogP contribution in [0.2, 0.25) is 0 Å². The third kappa shape index (κ3) is 5.30. The molecule has 0 amide bonds. The minimum absolute atomic E-state index is 0.338. The maximum absolute atomic E-state index is 5.56. The highest BCUT2D eigenvalue weighted by molar-refractivity contribution is 7.09. The molecule has 1 rings (SSSR count). The van der Waals surface area contributed by atoms with Crippen LogP contribution in [0, 0.1) is 0 Å². The number of rotatable bonds is 7. The fourth-order valence-electron chi connectivity index (χ4n) is 1.39. The van der Waals surface area contributed by atoms with Gasteiger partial charge in [-0.3, -0.25) is 4.90 Å². The Kier molecular flexibility index (Phi) is 5.91. The summed E-state index contributed by atoms with van der Waals surface area (Å²) in [6, 6.07) is 4.30. The van der Waals surface area contributed by atoms with Crippen molar-refractivity contribution < 1.29 is 4.74 Å². The zero-order valence-corrected chi connectivity index (χ0v) is 10.7. The first-order valence-electron chi connectivity index (χ1n) is 5.58. The average molecular weight is 227 g/mol. The zero-order chi connectivity index (χ0) is 11.1. The summed E-state index contributed by atoms with van der Waals surface area (Å²) >= 11 is 1.82. The molecule has 0 aliphatic carbocycles. The van der Waals surface area contributed by atoms with Crippen LogP contribution < -0.4 is 0 Å². The van der Waals surface area contributed by atoms with Crippen LogP contribution in [-0.2, 0) is 11.3 Å². The average Bonchev–Trinajstić information content (AvgIpc) is 2.68. The number of hydrogen-bond donors (Lipinski definition) is 0. The molecule has 1 aromatic heterocycles. The van der Waals surface area contributed by atoms with Gasteiger partial charge in [0.1, 0.15) is 0 Å². The molecular weight excluding hydrogens is 206 g/mol. The van der Waals surface area contributed by atoms with Crippen molar-refractivity contribution in [2.24, 2.45) is 0 Å². The van der Waals surface area contributed by atoms with Crippen LogP contribution in [0.1, 0.15) is 25.6 Å². The zero-order valence-electron chi connectivity index (χ0n) is 9.90. The van der Waals surface area contributed by atoms with Crippen molar-refractivity contribution >= 4 is 11.3 Å². The van der Waals surface area contributed by atoms with Gasteiger partial charge in [-0.25, -0.2) is 0 Å². The van der Waals surface area contributed by atoms with Crippen LogP contribution >= 0.6 is 11.3 Å². The largest absolute Gasteiger partial charge is 0.377 e. The second-order valence-corrected chi connectivity index (χ2v) is 4.90. The Labute approximate surface area is 96.9 Å². The van der Waals surface area contributed by atoms with Crippen molar-refractivity contribution in [3.8, 4) is 0 Å². The second kappa shape index (κ2) is 6.99. The highest BCUT2D eigenvalue weighted by Gasteiger charge is 2.04. The first kappa shape index (κ1) is 12.7. The molecule has 0 bridgehead atoms. The van der Waals surface area contributed by atoms with Crippen molar-refractivity contribution in [2.45, 2.75) is 33.4 Å². The summed E-state index contributed by atoms with van der Waals surface area (Å²) in [4.78, 5) is 3.84. The minimum Gasteiger partial charge on any atom is -0.377 e. The smallest absolute Gasteiger partial charge is 0.0597 e. The maximum atomic E-state index is 5.56. The van der Waals surface area contributed by atoms with E-state index in [2.05, 4.69) is 43.2 Å². The van der Waals surface area contributed by atoms with Crippen molar-refractivity contribution in [3.05, 3.63) is 22.4 Å². The summed E-state index contributed by atoms with van der Waals surface area (Å²) in [6.07, 6.45) is 0.338. The van der Waals surface area contributed by atoms with Crippen LogP contribution in [0.15, 0.2) is 17.5 Å². The van der Waals surface area contributed by atoms with Crippen molar-refractivity contribution in [1.82, 2.24) is 4.90 Å². The Morgan fingerprint density at radius 2 is 2.27 bits per heavy atom. The number of hydrogen-bond acceptors (Lipinski definition) is 3. The van der Waals surface area contributed by atoms with E-state index < -0.39 is 0 Å². The molecule has 0 unspecified atom stereocenters. The van der Waals surface area contributed by atoms with Gasteiger partial charge >= 0.3 is 0 Å². The third-order valence-electron chi connectivity index (χ3n) is 2.27. The van der Waals surface area contributed by atoms with Crippen LogP contribution in [0.3, 0.4) is 0 Å². The Morgan fingerprint density at radius 3 is 2.80 bits per heavy atom. The van der Waals surface area contributed by atoms with Crippen molar-refractivity contribution in [2.75, 3.05) is 19.7 Å². The first-order valence-corrected chi connectivity index (χ1v) is 6.46. The van der Waals surface area contributed by atoms with E-state index in [1.807, 2.05) is 11.3 Å². The lowest BCUT2D eigenvalue weighted by molar-refractivity contribution is 0.0587. The van der Waals surface area contributed by atoms with Crippen LogP contribution in [-0.4, -0.2) is 30.7 Å². The van der Waals surface area contributed by atoms with E-state index in [1.165, 1.54) is 4.88 Å². The summed E-state index contributed by atoms with van der Waals surface area (Å²) in [5.41, 5.74) is 0. The van der Waals surface area contributed by atoms with E-state index in [9.17, 15) is 0 Å². The summed E-state index contributed by atoms with van der Waals surface area (Å²) in [6.45, 7) is 10.3. The van der Waals surface area contributed by atoms with Crippen LogP contribution in [0.5, 0.6) is 0 Å². The van der Waals surface area contributed by atoms with Gasteiger partial charge in [0.2, 0.25) is 0 Å². The number of thiophene rings is 1. The lowest BCUT2D eigenvalue weighted by Gasteiger charge is -2.20. The van der Waals surface area contributed by atoms with E-state index in [1.54, 1.807) is 0 Å². The first-order chi connectivity index (χ1) is 7.22. The van der Waals surface area contributed by atoms with Crippen LogP contribution in [0.25, 0.3) is 0 Å². The molecule has 3 heteroatoms. The van der Waals surface area contributed by atoms with Crippen molar-refractivity contribution in [1.29, 1.82) is 0 Å². The molecule has 1 aromatic rings. The molecule has 15 heavy (non-hydrogen) atoms. The van der Waals surface area contributed by atoms with Gasteiger partial charge in [-0.2, -0.15) is 0 Å². The fourth-order valence-corrected chi connectivity index (χ4v) is 2.14. The number of likely N-dealkylation sites (N-methyl/N-ethyl adjacent to an activating group) is 1. The highest BCUT2D eigenvalue weighted by atomic mass is 32.1. The fraction of sp³-hybridized carbons (Fsp3) is 0.667. The number of nitrogens with zero attached hydrogens (tertiary/aromatic N) is 1. The molecule has 0 saturated heterocycles. The van der Waals surface area contributed by atoms with Gasteiger partial charge in [-0.05, 0) is 31.8 Å². The molecule has 0 atom stereocenters. The van der Waals surface area contributed by atoms with Gasteiger partial charge in [-0.1, -0.05) is 13.0 Å². The van der Waals surface area contributed by atoms with E-state index in [4.69, 9.17) is 4.74 Å². The molecule has 2 nitrogen and oxygen atoms in total. The minimum atomic E-state index is 0.338. The van der Waals surface area contributed by atoms with Gasteiger partial charge in [0.05, 0.1) is 12.7 Å². The lowest BCUT2D eigenvalue weighted by atomic mass is 10.4. The van der Waals surface area contributed by atoms with Gasteiger partial charge in [0.25, 0.3) is 0 Å². The van der Waals surface area contributed by atoms with Crippen molar-refractivity contribution in [3.63, 3.8) is 0 Å². The monoisotopic (exact) mass is 227 g/mol. The number of ether oxygens (including phenoxy) is 1. The summed E-state index contributed by atoms with van der Waals surface area (Å²) in [5.74, 6) is 0. The standard InChI is InChI=1S/C12H21NOS/c1-4-13(7-8-14-11(2)3)10-12-6-5-9-15-12/h5-6,9,11H,4,7-8,10H2,1-3H3. The SMILES string of the molecule is CCN(CCOC(C)C)Cc1cccs1. The molecule has 0 radical (unpaired) electrons. The Hall–Kier alpha value is -0.380. The summed E-state index contributed by atoms with van der Waals surface area (Å²) < 4.78 is 5.56. The van der Waals surface area contributed by atoms with Gasteiger partial charge in [0, 0.05) is 18.0 Å². The summed E-state index contributed by atoms with van der Waals surface area (Å²) in [7, 11) is 0. The normalized spacial score (nSPS) is 11.5. The van der Waals surface area contributed by atoms with E-state index in [-0.39, 0.29) is 0 Å². The molecule has 0 spiro atoms. The van der Waals surface area contributed by atoms with Gasteiger partial charge < -0.3 is 4.74 Å². The predicted molar refractivity (Wildman–Crippen MR) is 66.4 cm³/mol. The maximum Gasteiger partial charge on any atom is 0.0597 e. The van der Waals surface area contributed by atoms with Gasteiger partial charge in [-0.15, -0.1) is 11.3 Å². The molecule has 0 fully saturated rings. The third-order valence-corrected chi connectivity index (χ3v) is 3.13. The topological polar surface area (TPSA) is 12.5 Å². The van der Waals surface area contributed by atoms with E-state index >= 15 is 0 Å². The van der Waals surface area contributed by atoms with E-state index in [0.717, 1.165) is 26.2 Å². The Morgan fingerprint density at radius 1 is 1.47 bits per heavy atom. The molecule has 86 valence electrons. The highest BCUT2D eigenvalue weighted by Crippen LogP contribution is 2.11.